The van der Waals surface area contributed by atoms with E-state index in [1.54, 1.807) is 31.9 Å². The predicted octanol–water partition coefficient (Wildman–Crippen LogP) is 1.94. The summed E-state index contributed by atoms with van der Waals surface area (Å²) in [6.45, 7) is 3.65. The van der Waals surface area contributed by atoms with E-state index in [2.05, 4.69) is 20.4 Å². The lowest BCUT2D eigenvalue weighted by Crippen LogP contribution is -2.06. The zero-order valence-electron chi connectivity index (χ0n) is 14.5. The number of methoxy groups -OCH3 is 1. The first-order valence-corrected chi connectivity index (χ1v) is 7.74. The van der Waals surface area contributed by atoms with Gasteiger partial charge in [0.1, 0.15) is 29.8 Å². The highest BCUT2D eigenvalue weighted by Gasteiger charge is 2.22. The van der Waals surface area contributed by atoms with Crippen LogP contribution in [0.25, 0.3) is 0 Å². The molecule has 0 fully saturated rings. The summed E-state index contributed by atoms with van der Waals surface area (Å²) < 4.78 is 8.49. The summed E-state index contributed by atoms with van der Waals surface area (Å²) in [5, 5.41) is 27.0. The molecule has 0 saturated heterocycles. The van der Waals surface area contributed by atoms with Gasteiger partial charge < -0.3 is 4.74 Å². The highest BCUT2D eigenvalue weighted by Crippen LogP contribution is 2.25. The molecule has 2 heterocycles. The molecule has 0 amide bonds. The van der Waals surface area contributed by atoms with Crippen molar-refractivity contribution in [2.24, 2.45) is 5.10 Å². The van der Waals surface area contributed by atoms with Gasteiger partial charge in [0.2, 0.25) is 0 Å². The molecular formula is C16H17N7O3. The zero-order valence-corrected chi connectivity index (χ0v) is 14.5. The van der Waals surface area contributed by atoms with Crippen molar-refractivity contribution in [2.75, 3.05) is 7.11 Å². The van der Waals surface area contributed by atoms with Gasteiger partial charge >= 0.3 is 5.69 Å². The molecular weight excluding hydrogens is 338 g/mol. The SMILES string of the molecule is COc1ccc(C=Nn2cnnc2)cc1Cn1nc(C)c([N+](=O)[O-])c1C. The van der Waals surface area contributed by atoms with Crippen LogP contribution in [0.3, 0.4) is 0 Å². The van der Waals surface area contributed by atoms with Crippen LogP contribution in [-0.4, -0.2) is 42.9 Å². The number of aryl methyl sites for hydroxylation is 1. The molecule has 0 radical (unpaired) electrons. The van der Waals surface area contributed by atoms with E-state index in [9.17, 15) is 10.1 Å². The minimum Gasteiger partial charge on any atom is -0.496 e. The Hall–Kier alpha value is -3.56. The molecule has 3 rings (SSSR count). The number of nitro groups is 1. The Bertz CT molecular complexity index is 961. The Morgan fingerprint density at radius 1 is 1.31 bits per heavy atom. The highest BCUT2D eigenvalue weighted by molar-refractivity contribution is 5.80. The maximum Gasteiger partial charge on any atom is 0.312 e. The van der Waals surface area contributed by atoms with E-state index >= 15 is 0 Å². The monoisotopic (exact) mass is 355 g/mol. The van der Waals surface area contributed by atoms with Crippen LogP contribution in [0, 0.1) is 24.0 Å². The zero-order chi connectivity index (χ0) is 18.7. The molecule has 0 aliphatic rings. The van der Waals surface area contributed by atoms with Gasteiger partial charge in [-0.25, -0.2) is 4.68 Å². The van der Waals surface area contributed by atoms with Gasteiger partial charge in [-0.3, -0.25) is 14.8 Å². The molecule has 0 bridgehead atoms. The molecule has 10 heteroatoms. The molecule has 0 saturated carbocycles. The smallest absolute Gasteiger partial charge is 0.312 e. The van der Waals surface area contributed by atoms with Crippen molar-refractivity contribution < 1.29 is 9.66 Å². The number of nitrogens with zero attached hydrogens (tertiary/aromatic N) is 7. The topological polar surface area (TPSA) is 113 Å². The van der Waals surface area contributed by atoms with Crippen LogP contribution in [0.5, 0.6) is 5.75 Å². The minimum absolute atomic E-state index is 0.0364. The van der Waals surface area contributed by atoms with Crippen molar-refractivity contribution in [3.8, 4) is 5.75 Å². The average Bonchev–Trinajstić information content (AvgIpc) is 3.21. The van der Waals surface area contributed by atoms with Crippen molar-refractivity contribution >= 4 is 11.9 Å². The van der Waals surface area contributed by atoms with Crippen molar-refractivity contribution in [3.05, 3.63) is 63.5 Å². The maximum absolute atomic E-state index is 11.2. The van der Waals surface area contributed by atoms with Crippen molar-refractivity contribution in [3.63, 3.8) is 0 Å². The molecule has 0 N–H and O–H groups in total. The van der Waals surface area contributed by atoms with E-state index in [-0.39, 0.29) is 5.69 Å². The summed E-state index contributed by atoms with van der Waals surface area (Å²) in [6.07, 6.45) is 4.63. The van der Waals surface area contributed by atoms with Gasteiger partial charge in [-0.2, -0.15) is 10.2 Å². The molecule has 1 aromatic carbocycles. The fourth-order valence-electron chi connectivity index (χ4n) is 2.66. The summed E-state index contributed by atoms with van der Waals surface area (Å²) in [5.41, 5.74) is 2.59. The van der Waals surface area contributed by atoms with Gasteiger partial charge in [0.15, 0.2) is 0 Å². The van der Waals surface area contributed by atoms with Crippen LogP contribution in [-0.2, 0) is 6.54 Å². The van der Waals surface area contributed by atoms with E-state index < -0.39 is 4.92 Å². The summed E-state index contributed by atoms with van der Waals surface area (Å²) >= 11 is 0. The summed E-state index contributed by atoms with van der Waals surface area (Å²) in [6, 6.07) is 5.58. The lowest BCUT2D eigenvalue weighted by molar-refractivity contribution is -0.386. The Morgan fingerprint density at radius 2 is 2.04 bits per heavy atom. The van der Waals surface area contributed by atoms with Gasteiger partial charge in [-0.05, 0) is 37.6 Å². The second-order valence-electron chi connectivity index (χ2n) is 5.59. The Labute approximate surface area is 148 Å². The first-order chi connectivity index (χ1) is 12.5. The van der Waals surface area contributed by atoms with Gasteiger partial charge in [-0.15, -0.1) is 10.2 Å². The number of ether oxygens (including phenoxy) is 1. The quantitative estimate of drug-likeness (QED) is 0.379. The van der Waals surface area contributed by atoms with E-state index in [0.29, 0.717) is 23.7 Å². The fourth-order valence-corrected chi connectivity index (χ4v) is 2.66. The Morgan fingerprint density at radius 3 is 2.65 bits per heavy atom. The molecule has 0 atom stereocenters. The Balaban J connectivity index is 1.93. The van der Waals surface area contributed by atoms with Crippen LogP contribution < -0.4 is 4.74 Å². The second-order valence-corrected chi connectivity index (χ2v) is 5.59. The minimum atomic E-state index is -0.409. The van der Waals surface area contributed by atoms with E-state index in [1.807, 2.05) is 18.2 Å². The van der Waals surface area contributed by atoms with Gasteiger partial charge in [0.25, 0.3) is 0 Å². The third-order valence-electron chi connectivity index (χ3n) is 3.90. The first kappa shape index (κ1) is 17.3. The van der Waals surface area contributed by atoms with Crippen LogP contribution >= 0.6 is 0 Å². The van der Waals surface area contributed by atoms with Gasteiger partial charge in [0, 0.05) is 5.56 Å². The number of hydrogen-bond donors (Lipinski definition) is 0. The molecule has 3 aromatic rings. The fraction of sp³-hybridized carbons (Fsp3) is 0.250. The average molecular weight is 355 g/mol. The Kier molecular flexibility index (Phi) is 4.74. The summed E-state index contributed by atoms with van der Waals surface area (Å²) in [4.78, 5) is 10.8. The van der Waals surface area contributed by atoms with Crippen molar-refractivity contribution in [1.29, 1.82) is 0 Å². The van der Waals surface area contributed by atoms with Crippen LogP contribution in [0.1, 0.15) is 22.5 Å². The van der Waals surface area contributed by atoms with E-state index in [1.165, 1.54) is 17.3 Å². The molecule has 134 valence electrons. The molecule has 0 spiro atoms. The molecule has 0 aliphatic carbocycles. The lowest BCUT2D eigenvalue weighted by atomic mass is 10.1. The van der Waals surface area contributed by atoms with Crippen molar-refractivity contribution in [2.45, 2.75) is 20.4 Å². The molecule has 10 nitrogen and oxygen atoms in total. The van der Waals surface area contributed by atoms with Gasteiger partial charge in [0.05, 0.1) is 24.8 Å². The molecule has 2 aromatic heterocycles. The first-order valence-electron chi connectivity index (χ1n) is 7.74. The van der Waals surface area contributed by atoms with Crippen LogP contribution in [0.2, 0.25) is 0 Å². The maximum atomic E-state index is 11.2. The largest absolute Gasteiger partial charge is 0.496 e. The molecule has 0 unspecified atom stereocenters. The van der Waals surface area contributed by atoms with E-state index in [0.717, 1.165) is 11.1 Å². The predicted molar refractivity (Wildman–Crippen MR) is 93.5 cm³/mol. The summed E-state index contributed by atoms with van der Waals surface area (Å²) in [7, 11) is 1.58. The normalized spacial score (nSPS) is 11.2. The number of benzene rings is 1. The summed E-state index contributed by atoms with van der Waals surface area (Å²) in [5.74, 6) is 0.668. The third-order valence-corrected chi connectivity index (χ3v) is 3.90. The van der Waals surface area contributed by atoms with Crippen LogP contribution in [0.4, 0.5) is 5.69 Å². The van der Waals surface area contributed by atoms with Crippen LogP contribution in [0.15, 0.2) is 36.0 Å². The lowest BCUT2D eigenvalue weighted by Gasteiger charge is -2.10. The highest BCUT2D eigenvalue weighted by atomic mass is 16.6. The number of rotatable bonds is 6. The molecule has 26 heavy (non-hydrogen) atoms. The number of aromatic nitrogens is 5. The second kappa shape index (κ2) is 7.13. The molecule has 0 aliphatic heterocycles. The number of hydrogen-bond acceptors (Lipinski definition) is 7. The standard InChI is InChI=1S/C16H17N7O3/c1-11-16(23(24)25)12(2)22(20-11)8-14-6-13(4-5-15(14)26-3)7-19-21-9-17-18-10-21/h4-7,9-10H,8H2,1-3H3. The third kappa shape index (κ3) is 3.43. The van der Waals surface area contributed by atoms with Gasteiger partial charge in [-0.1, -0.05) is 0 Å². The van der Waals surface area contributed by atoms with Crippen molar-refractivity contribution in [1.82, 2.24) is 24.7 Å². The van der Waals surface area contributed by atoms with E-state index in [4.69, 9.17) is 4.74 Å².